The van der Waals surface area contributed by atoms with E-state index < -0.39 is 46.4 Å². The number of hydrogen-bond donors (Lipinski definition) is 5. The quantitative estimate of drug-likeness (QED) is 0.372. The third kappa shape index (κ3) is 8.82. The first-order chi connectivity index (χ1) is 14.0. The Kier molecular flexibility index (Phi) is 9.62. The SMILES string of the molecule is N[C@@H](Cc1ccccc1)C(=O)O.O=C(O)C[C@H](NS(=O)(=O)c1ccccc1)C(=O)O. The fourth-order valence-electron chi connectivity index (χ4n) is 2.16. The molecule has 0 aliphatic heterocycles. The fraction of sp³-hybridized carbons (Fsp3) is 0.211. The zero-order chi connectivity index (χ0) is 22.7. The van der Waals surface area contributed by atoms with Gasteiger partial charge >= 0.3 is 17.9 Å². The van der Waals surface area contributed by atoms with Crippen molar-refractivity contribution < 1.29 is 38.1 Å². The smallest absolute Gasteiger partial charge is 0.322 e. The predicted octanol–water partition coefficient (Wildman–Crippen LogP) is 0.534. The number of hydrogen-bond acceptors (Lipinski definition) is 6. The second kappa shape index (κ2) is 11.7. The summed E-state index contributed by atoms with van der Waals surface area (Å²) in [5, 5.41) is 25.8. The molecule has 10 nitrogen and oxygen atoms in total. The fourth-order valence-corrected chi connectivity index (χ4v) is 3.37. The van der Waals surface area contributed by atoms with Crippen LogP contribution in [-0.4, -0.2) is 53.7 Å². The maximum Gasteiger partial charge on any atom is 0.322 e. The zero-order valence-corrected chi connectivity index (χ0v) is 16.5. The first kappa shape index (κ1) is 24.8. The highest BCUT2D eigenvalue weighted by Gasteiger charge is 2.27. The Labute approximate surface area is 173 Å². The van der Waals surface area contributed by atoms with Gasteiger partial charge in [0, 0.05) is 0 Å². The van der Waals surface area contributed by atoms with Gasteiger partial charge in [-0.3, -0.25) is 14.4 Å². The number of carboxylic acids is 3. The van der Waals surface area contributed by atoms with Crippen LogP contribution in [0, 0.1) is 0 Å². The monoisotopic (exact) mass is 438 g/mol. The van der Waals surface area contributed by atoms with Crippen molar-refractivity contribution in [3.05, 3.63) is 66.2 Å². The Bertz CT molecular complexity index is 949. The van der Waals surface area contributed by atoms with E-state index in [1.807, 2.05) is 35.1 Å². The maximum atomic E-state index is 11.8. The molecule has 2 aromatic rings. The number of sulfonamides is 1. The van der Waals surface area contributed by atoms with Gasteiger partial charge in [-0.05, 0) is 24.1 Å². The molecule has 30 heavy (non-hydrogen) atoms. The van der Waals surface area contributed by atoms with E-state index in [0.717, 1.165) is 5.56 Å². The summed E-state index contributed by atoms with van der Waals surface area (Å²) in [6, 6.07) is 14.0. The van der Waals surface area contributed by atoms with Crippen LogP contribution in [0.4, 0.5) is 0 Å². The highest BCUT2D eigenvalue weighted by atomic mass is 32.2. The van der Waals surface area contributed by atoms with E-state index in [-0.39, 0.29) is 4.90 Å². The van der Waals surface area contributed by atoms with Gasteiger partial charge in [0.2, 0.25) is 10.0 Å². The van der Waals surface area contributed by atoms with Crippen LogP contribution < -0.4 is 10.5 Å². The highest BCUT2D eigenvalue weighted by Crippen LogP contribution is 2.09. The van der Waals surface area contributed by atoms with Gasteiger partial charge < -0.3 is 21.1 Å². The molecule has 0 amide bonds. The summed E-state index contributed by atoms with van der Waals surface area (Å²) in [6.07, 6.45) is -0.447. The number of carboxylic acid groups (broad SMARTS) is 3. The maximum absolute atomic E-state index is 11.8. The standard InChI is InChI=1S/C10H11NO6S.C9H11NO2/c12-9(13)6-8(10(14)15)11-18(16,17)7-4-2-1-3-5-7;10-8(9(11)12)6-7-4-2-1-3-5-7/h1-5,8,11H,6H2,(H,12,13)(H,14,15);1-5,8H,6,10H2,(H,11,12)/t2*8-/m00/s1. The summed E-state index contributed by atoms with van der Waals surface area (Å²) in [5.74, 6) is -3.91. The number of aliphatic carboxylic acids is 3. The van der Waals surface area contributed by atoms with Gasteiger partial charge in [-0.1, -0.05) is 48.5 Å². The lowest BCUT2D eigenvalue weighted by atomic mass is 10.1. The molecule has 0 saturated heterocycles. The molecular formula is C19H22N2O8S. The van der Waals surface area contributed by atoms with Crippen molar-refractivity contribution in [1.82, 2.24) is 4.72 Å². The number of rotatable bonds is 9. The Balaban J connectivity index is 0.000000325. The van der Waals surface area contributed by atoms with Crippen LogP contribution in [0.15, 0.2) is 65.6 Å². The first-order valence-corrected chi connectivity index (χ1v) is 10.1. The molecule has 2 rings (SSSR count). The highest BCUT2D eigenvalue weighted by molar-refractivity contribution is 7.89. The van der Waals surface area contributed by atoms with Gasteiger partial charge in [-0.2, -0.15) is 4.72 Å². The summed E-state index contributed by atoms with van der Waals surface area (Å²) < 4.78 is 25.4. The van der Waals surface area contributed by atoms with Crippen LogP contribution in [0.3, 0.4) is 0 Å². The molecule has 0 spiro atoms. The Morgan fingerprint density at radius 1 is 0.867 bits per heavy atom. The average Bonchev–Trinajstić information content (AvgIpc) is 2.69. The van der Waals surface area contributed by atoms with E-state index in [9.17, 15) is 22.8 Å². The number of carbonyl (C=O) groups is 3. The van der Waals surface area contributed by atoms with E-state index in [2.05, 4.69) is 0 Å². The minimum Gasteiger partial charge on any atom is -0.481 e. The summed E-state index contributed by atoms with van der Waals surface area (Å²) in [6.45, 7) is 0. The van der Waals surface area contributed by atoms with Crippen molar-refractivity contribution in [2.75, 3.05) is 0 Å². The molecule has 2 aromatic carbocycles. The molecule has 162 valence electrons. The lowest BCUT2D eigenvalue weighted by Crippen LogP contribution is -2.42. The normalized spacial score (nSPS) is 12.7. The number of benzene rings is 2. The summed E-state index contributed by atoms with van der Waals surface area (Å²) >= 11 is 0. The molecule has 11 heteroatoms. The van der Waals surface area contributed by atoms with E-state index in [4.69, 9.17) is 21.1 Å². The topological polar surface area (TPSA) is 184 Å². The Morgan fingerprint density at radius 3 is 1.80 bits per heavy atom. The van der Waals surface area contributed by atoms with Gasteiger partial charge in [-0.25, -0.2) is 8.42 Å². The van der Waals surface area contributed by atoms with Gasteiger partial charge in [-0.15, -0.1) is 0 Å². The molecule has 6 N–H and O–H groups in total. The Morgan fingerprint density at radius 2 is 1.37 bits per heavy atom. The zero-order valence-electron chi connectivity index (χ0n) is 15.7. The summed E-state index contributed by atoms with van der Waals surface area (Å²) in [7, 11) is -4.04. The largest absolute Gasteiger partial charge is 0.481 e. The van der Waals surface area contributed by atoms with Crippen LogP contribution in [0.25, 0.3) is 0 Å². The van der Waals surface area contributed by atoms with Crippen LogP contribution in [0.5, 0.6) is 0 Å². The second-order valence-corrected chi connectivity index (χ2v) is 7.77. The van der Waals surface area contributed by atoms with Crippen molar-refractivity contribution in [1.29, 1.82) is 0 Å². The van der Waals surface area contributed by atoms with Crippen LogP contribution in [0.1, 0.15) is 12.0 Å². The van der Waals surface area contributed by atoms with E-state index in [1.54, 1.807) is 6.07 Å². The van der Waals surface area contributed by atoms with Gasteiger partial charge in [0.25, 0.3) is 0 Å². The van der Waals surface area contributed by atoms with Gasteiger partial charge in [0.15, 0.2) is 0 Å². The first-order valence-electron chi connectivity index (χ1n) is 8.57. The van der Waals surface area contributed by atoms with Gasteiger partial charge in [0.1, 0.15) is 12.1 Å². The van der Waals surface area contributed by atoms with E-state index >= 15 is 0 Å². The van der Waals surface area contributed by atoms with Gasteiger partial charge in [0.05, 0.1) is 11.3 Å². The van der Waals surface area contributed by atoms with Crippen LogP contribution in [0.2, 0.25) is 0 Å². The number of nitrogens with two attached hydrogens (primary N) is 1. The van der Waals surface area contributed by atoms with Crippen molar-refractivity contribution in [2.45, 2.75) is 29.8 Å². The molecule has 0 unspecified atom stereocenters. The molecule has 0 aromatic heterocycles. The molecule has 0 radical (unpaired) electrons. The molecule has 0 aliphatic rings. The van der Waals surface area contributed by atoms with E-state index in [1.165, 1.54) is 24.3 Å². The minimum absolute atomic E-state index is 0.123. The summed E-state index contributed by atoms with van der Waals surface area (Å²) in [5.41, 5.74) is 6.30. The van der Waals surface area contributed by atoms with Crippen molar-refractivity contribution in [2.24, 2.45) is 5.73 Å². The van der Waals surface area contributed by atoms with Crippen molar-refractivity contribution in [3.8, 4) is 0 Å². The van der Waals surface area contributed by atoms with E-state index in [0.29, 0.717) is 6.42 Å². The molecule has 2 atom stereocenters. The lowest BCUT2D eigenvalue weighted by Gasteiger charge is -2.12. The van der Waals surface area contributed by atoms with Crippen LogP contribution >= 0.6 is 0 Å². The molecule has 0 bridgehead atoms. The van der Waals surface area contributed by atoms with Crippen molar-refractivity contribution in [3.63, 3.8) is 0 Å². The second-order valence-electron chi connectivity index (χ2n) is 6.06. The summed E-state index contributed by atoms with van der Waals surface area (Å²) in [4.78, 5) is 31.4. The molecular weight excluding hydrogens is 416 g/mol. The van der Waals surface area contributed by atoms with Crippen molar-refractivity contribution >= 4 is 27.9 Å². The Hall–Kier alpha value is -3.28. The van der Waals surface area contributed by atoms with Crippen LogP contribution in [-0.2, 0) is 30.8 Å². The molecule has 0 saturated carbocycles. The number of nitrogens with one attached hydrogen (secondary N) is 1. The molecule has 0 fully saturated rings. The lowest BCUT2D eigenvalue weighted by molar-refractivity contribution is -0.145. The third-order valence-electron chi connectivity index (χ3n) is 3.64. The average molecular weight is 438 g/mol. The molecule has 0 aliphatic carbocycles. The third-order valence-corrected chi connectivity index (χ3v) is 5.13. The minimum atomic E-state index is -4.04. The predicted molar refractivity (Wildman–Crippen MR) is 106 cm³/mol. The molecule has 0 heterocycles.